The molecular formula is C6H7NO4. The molecule has 0 aromatic carbocycles. The molecule has 0 aromatic heterocycles. The minimum atomic E-state index is -1.27. The molecule has 1 heterocycles. The fourth-order valence-electron chi connectivity index (χ4n) is 0.723. The lowest BCUT2D eigenvalue weighted by molar-refractivity contribution is -0.133. The van der Waals surface area contributed by atoms with Crippen LogP contribution in [0.15, 0.2) is 23.6 Å². The normalized spacial score (nSPS) is 17.4. The van der Waals surface area contributed by atoms with E-state index in [1.165, 1.54) is 6.08 Å². The molecule has 0 radical (unpaired) electrons. The summed E-state index contributed by atoms with van der Waals surface area (Å²) in [6, 6.07) is 0. The molecule has 1 rings (SSSR count). The van der Waals surface area contributed by atoms with Gasteiger partial charge in [-0.2, -0.15) is 0 Å². The lowest BCUT2D eigenvalue weighted by Crippen LogP contribution is -2.20. The molecule has 5 heteroatoms. The van der Waals surface area contributed by atoms with Crippen LogP contribution in [0.3, 0.4) is 0 Å². The van der Waals surface area contributed by atoms with Crippen LogP contribution in [-0.2, 0) is 4.79 Å². The summed E-state index contributed by atoms with van der Waals surface area (Å²) >= 11 is 0. The first kappa shape index (κ1) is 7.62. The maximum absolute atomic E-state index is 10.3. The monoisotopic (exact) mass is 157 g/mol. The van der Waals surface area contributed by atoms with E-state index in [2.05, 4.69) is 0 Å². The fourth-order valence-corrected chi connectivity index (χ4v) is 0.723. The van der Waals surface area contributed by atoms with Crippen LogP contribution in [0, 0.1) is 0 Å². The molecular weight excluding hydrogens is 150 g/mol. The largest absolute Gasteiger partial charge is 0.507 e. The second-order valence-electron chi connectivity index (χ2n) is 2.06. The topological polar surface area (TPSA) is 81.0 Å². The molecule has 0 amide bonds. The number of carboxylic acids is 1. The molecule has 0 aliphatic carbocycles. The van der Waals surface area contributed by atoms with Gasteiger partial charge in [-0.25, -0.2) is 4.79 Å². The summed E-state index contributed by atoms with van der Waals surface area (Å²) in [6.45, 7) is 0.0998. The number of hydrogen-bond donors (Lipinski definition) is 3. The van der Waals surface area contributed by atoms with Crippen LogP contribution in [-0.4, -0.2) is 33.0 Å². The Hall–Kier alpha value is -1.49. The Morgan fingerprint density at radius 1 is 1.64 bits per heavy atom. The van der Waals surface area contributed by atoms with Crippen LogP contribution >= 0.6 is 0 Å². The number of nitrogens with zero attached hydrogens (tertiary/aromatic N) is 1. The Bertz CT molecular complexity index is 243. The Morgan fingerprint density at radius 2 is 2.27 bits per heavy atom. The summed E-state index contributed by atoms with van der Waals surface area (Å²) in [6.07, 6.45) is 2.17. The zero-order chi connectivity index (χ0) is 8.43. The lowest BCUT2D eigenvalue weighted by atomic mass is 10.2. The summed E-state index contributed by atoms with van der Waals surface area (Å²) in [5, 5.41) is 26.8. The van der Waals surface area contributed by atoms with Crippen molar-refractivity contribution in [1.29, 1.82) is 0 Å². The van der Waals surface area contributed by atoms with Crippen LogP contribution in [0.4, 0.5) is 0 Å². The van der Waals surface area contributed by atoms with Crippen LogP contribution in [0.2, 0.25) is 0 Å². The van der Waals surface area contributed by atoms with Gasteiger partial charge in [0.05, 0.1) is 6.54 Å². The molecule has 5 nitrogen and oxygen atoms in total. The van der Waals surface area contributed by atoms with Crippen molar-refractivity contribution in [2.45, 2.75) is 0 Å². The van der Waals surface area contributed by atoms with Gasteiger partial charge in [0.25, 0.3) is 0 Å². The van der Waals surface area contributed by atoms with Crippen molar-refractivity contribution in [1.82, 2.24) is 5.06 Å². The molecule has 0 saturated heterocycles. The number of carbonyl (C=O) groups is 1. The van der Waals surface area contributed by atoms with E-state index in [1.54, 1.807) is 0 Å². The molecule has 1 aliphatic heterocycles. The number of hydrogen-bond acceptors (Lipinski definition) is 4. The van der Waals surface area contributed by atoms with Crippen molar-refractivity contribution < 1.29 is 20.2 Å². The summed E-state index contributed by atoms with van der Waals surface area (Å²) in [5.41, 5.74) is -0.307. The van der Waals surface area contributed by atoms with Gasteiger partial charge in [0.1, 0.15) is 11.3 Å². The van der Waals surface area contributed by atoms with Gasteiger partial charge in [-0.1, -0.05) is 0 Å². The highest BCUT2D eigenvalue weighted by molar-refractivity contribution is 5.91. The second kappa shape index (κ2) is 2.63. The average Bonchev–Trinajstić information content (AvgIpc) is 1.94. The van der Waals surface area contributed by atoms with Gasteiger partial charge in [0.2, 0.25) is 0 Å². The zero-order valence-corrected chi connectivity index (χ0v) is 5.56. The standard InChI is InChI=1S/C6H7NO4/c8-5-1-2-7(11)3-4(5)6(9)10/h1,3,8,11H,2H2,(H,9,10). The highest BCUT2D eigenvalue weighted by atomic mass is 16.5. The predicted molar refractivity (Wildman–Crippen MR) is 34.9 cm³/mol. The van der Waals surface area contributed by atoms with Crippen molar-refractivity contribution in [2.24, 2.45) is 0 Å². The molecule has 3 N–H and O–H groups in total. The molecule has 0 aromatic rings. The molecule has 1 aliphatic rings. The van der Waals surface area contributed by atoms with E-state index in [9.17, 15) is 4.79 Å². The van der Waals surface area contributed by atoms with E-state index < -0.39 is 5.97 Å². The van der Waals surface area contributed by atoms with Crippen LogP contribution < -0.4 is 0 Å². The number of aliphatic hydroxyl groups excluding tert-OH is 1. The van der Waals surface area contributed by atoms with Crippen molar-refractivity contribution in [3.63, 3.8) is 0 Å². The maximum Gasteiger partial charge on any atom is 0.341 e. The third-order valence-electron chi connectivity index (χ3n) is 1.26. The smallest absolute Gasteiger partial charge is 0.341 e. The Kier molecular flexibility index (Phi) is 1.82. The molecule has 0 unspecified atom stereocenters. The van der Waals surface area contributed by atoms with E-state index in [0.717, 1.165) is 6.20 Å². The lowest BCUT2D eigenvalue weighted by Gasteiger charge is -2.15. The molecule has 0 fully saturated rings. The molecule has 60 valence electrons. The second-order valence-corrected chi connectivity index (χ2v) is 2.06. The summed E-state index contributed by atoms with van der Waals surface area (Å²) < 4.78 is 0. The minimum Gasteiger partial charge on any atom is -0.507 e. The SMILES string of the molecule is O=C(O)C1=CN(O)CC=C1O. The first-order valence-electron chi connectivity index (χ1n) is 2.91. The number of rotatable bonds is 1. The van der Waals surface area contributed by atoms with Crippen LogP contribution in [0.1, 0.15) is 0 Å². The molecule has 11 heavy (non-hydrogen) atoms. The maximum atomic E-state index is 10.3. The van der Waals surface area contributed by atoms with Gasteiger partial charge in [-0.05, 0) is 6.08 Å². The van der Waals surface area contributed by atoms with Gasteiger partial charge in [-0.3, -0.25) is 10.3 Å². The number of hydroxylamine groups is 2. The highest BCUT2D eigenvalue weighted by Crippen LogP contribution is 2.12. The summed E-state index contributed by atoms with van der Waals surface area (Å²) in [5.74, 6) is -1.58. The number of carboxylic acid groups (broad SMARTS) is 1. The Labute approximate surface area is 62.4 Å². The van der Waals surface area contributed by atoms with E-state index in [0.29, 0.717) is 5.06 Å². The molecule has 0 saturated carbocycles. The first-order chi connectivity index (χ1) is 5.11. The van der Waals surface area contributed by atoms with E-state index in [1.807, 2.05) is 0 Å². The van der Waals surface area contributed by atoms with Gasteiger partial charge in [0.15, 0.2) is 0 Å². The Morgan fingerprint density at radius 3 is 2.73 bits per heavy atom. The van der Waals surface area contributed by atoms with Gasteiger partial charge in [-0.15, -0.1) is 0 Å². The molecule has 0 spiro atoms. The first-order valence-corrected chi connectivity index (χ1v) is 2.91. The fraction of sp³-hybridized carbons (Fsp3) is 0.167. The van der Waals surface area contributed by atoms with Gasteiger partial charge >= 0.3 is 5.97 Å². The van der Waals surface area contributed by atoms with Gasteiger partial charge < -0.3 is 10.2 Å². The highest BCUT2D eigenvalue weighted by Gasteiger charge is 2.17. The van der Waals surface area contributed by atoms with Crippen molar-refractivity contribution in [3.05, 3.63) is 23.6 Å². The number of aliphatic carboxylic acids is 1. The quantitative estimate of drug-likeness (QED) is 0.503. The molecule has 0 bridgehead atoms. The average molecular weight is 157 g/mol. The molecule has 0 atom stereocenters. The van der Waals surface area contributed by atoms with E-state index in [-0.39, 0.29) is 17.9 Å². The third-order valence-corrected chi connectivity index (χ3v) is 1.26. The summed E-state index contributed by atoms with van der Waals surface area (Å²) in [7, 11) is 0. The van der Waals surface area contributed by atoms with Crippen molar-refractivity contribution in [3.8, 4) is 0 Å². The van der Waals surface area contributed by atoms with Crippen molar-refractivity contribution in [2.75, 3.05) is 6.54 Å². The third kappa shape index (κ3) is 1.50. The minimum absolute atomic E-state index is 0.0998. The predicted octanol–water partition coefficient (Wildman–Crippen LogP) is 0.102. The van der Waals surface area contributed by atoms with Crippen molar-refractivity contribution >= 4 is 5.97 Å². The van der Waals surface area contributed by atoms with Crippen LogP contribution in [0.25, 0.3) is 0 Å². The van der Waals surface area contributed by atoms with Crippen LogP contribution in [0.5, 0.6) is 0 Å². The van der Waals surface area contributed by atoms with E-state index >= 15 is 0 Å². The van der Waals surface area contributed by atoms with E-state index in [4.69, 9.17) is 15.4 Å². The van der Waals surface area contributed by atoms with Gasteiger partial charge in [0, 0.05) is 6.20 Å². The Balaban J connectivity index is 2.90. The number of aliphatic hydroxyl groups is 1. The summed E-state index contributed by atoms with van der Waals surface area (Å²) in [4.78, 5) is 10.3. The zero-order valence-electron chi connectivity index (χ0n) is 5.56.